The molecule has 1 atom stereocenters. The highest BCUT2D eigenvalue weighted by Crippen LogP contribution is 2.38. The van der Waals surface area contributed by atoms with E-state index in [0.717, 1.165) is 0 Å². The molecular formula is C10H7ClF6O3S. The lowest BCUT2D eigenvalue weighted by Gasteiger charge is -2.19. The molecule has 0 aliphatic heterocycles. The van der Waals surface area contributed by atoms with Gasteiger partial charge in [0.1, 0.15) is 5.75 Å². The topological polar surface area (TPSA) is 43.4 Å². The van der Waals surface area contributed by atoms with Crippen molar-refractivity contribution in [1.82, 2.24) is 0 Å². The maximum Gasteiger partial charge on any atom is 0.425 e. The lowest BCUT2D eigenvalue weighted by atomic mass is 10.2. The average Bonchev–Trinajstić information content (AvgIpc) is 2.24. The number of ether oxygens (including phenoxy) is 1. The molecule has 11 heteroatoms. The summed E-state index contributed by atoms with van der Waals surface area (Å²) >= 11 is 0. The average molecular weight is 357 g/mol. The number of alkyl halides is 6. The Balaban J connectivity index is 3.30. The Labute approximate surface area is 119 Å². The maximum atomic E-state index is 12.7. The lowest BCUT2D eigenvalue weighted by Crippen LogP contribution is -2.31. The van der Waals surface area contributed by atoms with Crippen molar-refractivity contribution in [2.24, 2.45) is 0 Å². The first-order chi connectivity index (χ1) is 9.23. The van der Waals surface area contributed by atoms with Gasteiger partial charge in [-0.15, -0.1) is 0 Å². The quantitative estimate of drug-likeness (QED) is 0.608. The third-order valence-electron chi connectivity index (χ3n) is 2.29. The zero-order chi connectivity index (χ0) is 16.6. The molecule has 1 aromatic rings. The Bertz CT molecular complexity index is 623. The monoisotopic (exact) mass is 356 g/mol. The molecule has 0 aliphatic rings. The molecule has 3 nitrogen and oxygen atoms in total. The molecule has 0 saturated heterocycles. The van der Waals surface area contributed by atoms with Crippen LogP contribution in [-0.2, 0) is 15.2 Å². The fraction of sp³-hybridized carbons (Fsp3) is 0.400. The molecule has 0 amide bonds. The Hall–Kier alpha value is -1.16. The highest BCUT2D eigenvalue weighted by atomic mass is 35.7. The molecule has 1 unspecified atom stereocenters. The molecular weight excluding hydrogens is 350 g/mol. The van der Waals surface area contributed by atoms with Crippen molar-refractivity contribution in [3.63, 3.8) is 0 Å². The SMILES string of the molecule is CC(Oc1ccc(S(=O)(=O)Cl)c(C(F)(F)F)c1)C(F)(F)F. The Morgan fingerprint density at radius 2 is 1.67 bits per heavy atom. The van der Waals surface area contributed by atoms with Crippen LogP contribution in [0.1, 0.15) is 12.5 Å². The lowest BCUT2D eigenvalue weighted by molar-refractivity contribution is -0.189. The van der Waals surface area contributed by atoms with Crippen LogP contribution in [0.15, 0.2) is 23.1 Å². The van der Waals surface area contributed by atoms with E-state index in [9.17, 15) is 34.8 Å². The van der Waals surface area contributed by atoms with Gasteiger partial charge in [-0.1, -0.05) is 0 Å². The Morgan fingerprint density at radius 1 is 1.14 bits per heavy atom. The summed E-state index contributed by atoms with van der Waals surface area (Å²) in [5, 5.41) is 0. The maximum absolute atomic E-state index is 12.7. The van der Waals surface area contributed by atoms with Crippen LogP contribution in [0.4, 0.5) is 26.3 Å². The van der Waals surface area contributed by atoms with Crippen LogP contribution in [-0.4, -0.2) is 20.7 Å². The highest BCUT2D eigenvalue weighted by molar-refractivity contribution is 8.13. The van der Waals surface area contributed by atoms with Gasteiger partial charge in [-0.3, -0.25) is 0 Å². The van der Waals surface area contributed by atoms with Crippen molar-refractivity contribution in [3.8, 4) is 5.75 Å². The Kier molecular flexibility index (Phi) is 4.74. The first-order valence-electron chi connectivity index (χ1n) is 5.12. The normalized spacial score (nSPS) is 14.9. The summed E-state index contributed by atoms with van der Waals surface area (Å²) < 4.78 is 101. The molecule has 1 aromatic carbocycles. The second-order valence-corrected chi connectivity index (χ2v) is 6.43. The predicted octanol–water partition coefficient (Wildman–Crippen LogP) is 3.96. The van der Waals surface area contributed by atoms with Gasteiger partial charge in [-0.25, -0.2) is 8.42 Å². The molecule has 1 rings (SSSR count). The number of benzene rings is 1. The van der Waals surface area contributed by atoms with Gasteiger partial charge in [0.2, 0.25) is 0 Å². The minimum atomic E-state index is -5.13. The van der Waals surface area contributed by atoms with Gasteiger partial charge < -0.3 is 4.74 Å². The van der Waals surface area contributed by atoms with E-state index in [2.05, 4.69) is 4.74 Å². The van der Waals surface area contributed by atoms with Crippen LogP contribution in [0, 0.1) is 0 Å². The third-order valence-corrected chi connectivity index (χ3v) is 3.67. The molecule has 0 fully saturated rings. The summed E-state index contributed by atoms with van der Waals surface area (Å²) in [7, 11) is 0.136. The zero-order valence-corrected chi connectivity index (χ0v) is 11.7. The van der Waals surface area contributed by atoms with Crippen molar-refractivity contribution in [2.45, 2.75) is 30.3 Å². The van der Waals surface area contributed by atoms with Crippen LogP contribution in [0.2, 0.25) is 0 Å². The first kappa shape index (κ1) is 17.9. The fourth-order valence-electron chi connectivity index (χ4n) is 1.29. The standard InChI is InChI=1S/C10H7ClF6O3S/c1-5(9(12,13)14)20-6-2-3-8(21(11,18)19)7(4-6)10(15,16)17/h2-5H,1H3. The van der Waals surface area contributed by atoms with E-state index in [1.807, 2.05) is 0 Å². The number of hydrogen-bond donors (Lipinski definition) is 0. The number of hydrogen-bond acceptors (Lipinski definition) is 3. The van der Waals surface area contributed by atoms with Gasteiger partial charge in [-0.2, -0.15) is 26.3 Å². The van der Waals surface area contributed by atoms with E-state index in [1.165, 1.54) is 0 Å². The highest BCUT2D eigenvalue weighted by Gasteiger charge is 2.40. The second kappa shape index (κ2) is 5.56. The first-order valence-corrected chi connectivity index (χ1v) is 7.43. The van der Waals surface area contributed by atoms with Crippen molar-refractivity contribution in [3.05, 3.63) is 23.8 Å². The van der Waals surface area contributed by atoms with Crippen LogP contribution in [0.3, 0.4) is 0 Å². The zero-order valence-electron chi connectivity index (χ0n) is 10.1. The molecule has 0 radical (unpaired) electrons. The molecule has 0 aliphatic carbocycles. The molecule has 21 heavy (non-hydrogen) atoms. The van der Waals surface area contributed by atoms with E-state index in [1.54, 1.807) is 0 Å². The second-order valence-electron chi connectivity index (χ2n) is 3.90. The summed E-state index contributed by atoms with van der Waals surface area (Å²) in [5.41, 5.74) is -1.70. The molecule has 0 saturated carbocycles. The van der Waals surface area contributed by atoms with E-state index < -0.39 is 43.7 Å². The van der Waals surface area contributed by atoms with E-state index in [-0.39, 0.29) is 6.07 Å². The molecule has 0 aromatic heterocycles. The van der Waals surface area contributed by atoms with Crippen LogP contribution < -0.4 is 4.74 Å². The van der Waals surface area contributed by atoms with Gasteiger partial charge in [0.15, 0.2) is 6.10 Å². The van der Waals surface area contributed by atoms with E-state index in [0.29, 0.717) is 19.1 Å². The molecule has 0 bridgehead atoms. The smallest absolute Gasteiger partial charge is 0.425 e. The van der Waals surface area contributed by atoms with E-state index in [4.69, 9.17) is 10.7 Å². The van der Waals surface area contributed by atoms with Crippen LogP contribution >= 0.6 is 10.7 Å². The third kappa shape index (κ3) is 4.67. The van der Waals surface area contributed by atoms with Crippen molar-refractivity contribution >= 4 is 19.7 Å². The molecule has 120 valence electrons. The largest absolute Gasteiger partial charge is 0.481 e. The molecule has 0 N–H and O–H groups in total. The van der Waals surface area contributed by atoms with Gasteiger partial charge in [0.25, 0.3) is 9.05 Å². The van der Waals surface area contributed by atoms with Gasteiger partial charge in [-0.05, 0) is 25.1 Å². The van der Waals surface area contributed by atoms with Crippen LogP contribution in [0.25, 0.3) is 0 Å². The van der Waals surface area contributed by atoms with E-state index >= 15 is 0 Å². The minimum Gasteiger partial charge on any atom is -0.481 e. The van der Waals surface area contributed by atoms with Gasteiger partial charge in [0, 0.05) is 10.7 Å². The summed E-state index contributed by atoms with van der Waals surface area (Å²) in [6, 6.07) is 1.24. The van der Waals surface area contributed by atoms with Crippen LogP contribution in [0.5, 0.6) is 5.75 Å². The summed E-state index contributed by atoms with van der Waals surface area (Å²) in [5.74, 6) is -0.781. The summed E-state index contributed by atoms with van der Waals surface area (Å²) in [4.78, 5) is -1.26. The van der Waals surface area contributed by atoms with Gasteiger partial charge >= 0.3 is 12.4 Å². The number of rotatable bonds is 3. The van der Waals surface area contributed by atoms with Gasteiger partial charge in [0.05, 0.1) is 10.5 Å². The molecule has 0 heterocycles. The number of halogens is 7. The van der Waals surface area contributed by atoms with Crippen molar-refractivity contribution < 1.29 is 39.5 Å². The molecule has 0 spiro atoms. The minimum absolute atomic E-state index is 0.150. The van der Waals surface area contributed by atoms with Crippen molar-refractivity contribution in [1.29, 1.82) is 0 Å². The fourth-order valence-corrected chi connectivity index (χ4v) is 2.36. The predicted molar refractivity (Wildman–Crippen MR) is 60.6 cm³/mol. The summed E-state index contributed by atoms with van der Waals surface area (Å²) in [6.45, 7) is 0.597. The van der Waals surface area contributed by atoms with Crippen molar-refractivity contribution in [2.75, 3.05) is 0 Å². The Morgan fingerprint density at radius 3 is 2.05 bits per heavy atom. The summed E-state index contributed by atoms with van der Waals surface area (Å²) in [6.07, 6.45) is -12.3.